The molecule has 0 aromatic heterocycles. The Morgan fingerprint density at radius 1 is 0.756 bits per heavy atom. The van der Waals surface area contributed by atoms with Gasteiger partial charge in [-0.25, -0.2) is 0 Å². The summed E-state index contributed by atoms with van der Waals surface area (Å²) in [6.07, 6.45) is -7.72. The Morgan fingerprint density at radius 2 is 1.33 bits per heavy atom. The monoisotopic (exact) mass is 646 g/mol. The summed E-state index contributed by atoms with van der Waals surface area (Å²) < 4.78 is 23.7. The number of ether oxygens (including phenoxy) is 4. The molecular formula is C32H54O13. The van der Waals surface area contributed by atoms with Gasteiger partial charge < -0.3 is 64.9 Å². The molecule has 0 aromatic carbocycles. The SMILES string of the molecule is CC1(C(CO)O[C@@H]2O[C@H](CO)[C@@H](O)[C@H](O)[C@H]2O)C=C2CCC3C(C)(C)C(O[C@@H]4O[C@H](CO)[C@@H](O)[C@H](O)[C@H]4O)CCC3(C)C2CC1. The van der Waals surface area contributed by atoms with Gasteiger partial charge in [0.2, 0.25) is 0 Å². The molecule has 6 unspecified atom stereocenters. The fourth-order valence-corrected chi connectivity index (χ4v) is 9.32. The van der Waals surface area contributed by atoms with Crippen LogP contribution in [0.1, 0.15) is 66.2 Å². The predicted molar refractivity (Wildman–Crippen MR) is 157 cm³/mol. The van der Waals surface area contributed by atoms with Crippen LogP contribution in [0.15, 0.2) is 11.6 Å². The number of aliphatic hydroxyl groups is 9. The van der Waals surface area contributed by atoms with Crippen molar-refractivity contribution < 1.29 is 64.9 Å². The molecule has 0 aromatic rings. The third-order valence-corrected chi connectivity index (χ3v) is 12.1. The quantitative estimate of drug-likeness (QED) is 0.113. The van der Waals surface area contributed by atoms with E-state index >= 15 is 0 Å². The van der Waals surface area contributed by atoms with E-state index in [0.717, 1.165) is 25.7 Å². The summed E-state index contributed by atoms with van der Waals surface area (Å²) in [5.41, 5.74) is 0.318. The Balaban J connectivity index is 1.30. The highest BCUT2D eigenvalue weighted by Gasteiger charge is 2.59. The molecule has 0 spiro atoms. The normalized spacial score (nSPS) is 50.7. The Hall–Kier alpha value is -0.780. The zero-order valence-electron chi connectivity index (χ0n) is 26.7. The molecule has 0 radical (unpaired) electrons. The van der Waals surface area contributed by atoms with Crippen LogP contribution in [0, 0.1) is 28.1 Å². The molecule has 4 fully saturated rings. The molecule has 3 aliphatic carbocycles. The van der Waals surface area contributed by atoms with Crippen LogP contribution in [-0.2, 0) is 18.9 Å². The van der Waals surface area contributed by atoms with Crippen LogP contribution in [0.4, 0.5) is 0 Å². The molecule has 9 N–H and O–H groups in total. The third-order valence-electron chi connectivity index (χ3n) is 12.1. The van der Waals surface area contributed by atoms with Crippen molar-refractivity contribution in [1.82, 2.24) is 0 Å². The summed E-state index contributed by atoms with van der Waals surface area (Å²) >= 11 is 0. The first-order valence-electron chi connectivity index (χ1n) is 16.4. The van der Waals surface area contributed by atoms with E-state index in [1.165, 1.54) is 5.57 Å². The highest BCUT2D eigenvalue weighted by Crippen LogP contribution is 2.64. The molecule has 260 valence electrons. The molecule has 2 heterocycles. The van der Waals surface area contributed by atoms with Crippen molar-refractivity contribution in [2.75, 3.05) is 19.8 Å². The van der Waals surface area contributed by atoms with E-state index in [4.69, 9.17) is 18.9 Å². The van der Waals surface area contributed by atoms with Gasteiger partial charge in [-0.2, -0.15) is 0 Å². The molecule has 5 aliphatic rings. The van der Waals surface area contributed by atoms with E-state index in [0.29, 0.717) is 12.8 Å². The van der Waals surface area contributed by atoms with E-state index in [1.54, 1.807) is 0 Å². The van der Waals surface area contributed by atoms with E-state index in [1.807, 2.05) is 6.92 Å². The molecule has 5 rings (SSSR count). The number of hydrogen-bond donors (Lipinski definition) is 9. The van der Waals surface area contributed by atoms with Gasteiger partial charge in [0, 0.05) is 5.41 Å². The zero-order chi connectivity index (χ0) is 33.1. The number of aliphatic hydroxyl groups excluding tert-OH is 9. The van der Waals surface area contributed by atoms with E-state index in [9.17, 15) is 46.0 Å². The Labute approximate surface area is 264 Å². The average Bonchev–Trinajstić information content (AvgIpc) is 3.00. The number of allylic oxidation sites excluding steroid dienone is 1. The van der Waals surface area contributed by atoms with Gasteiger partial charge in [0.05, 0.1) is 32.0 Å². The minimum absolute atomic E-state index is 0.0585. The summed E-state index contributed by atoms with van der Waals surface area (Å²) in [4.78, 5) is 0. The number of fused-ring (bicyclic) bond motifs is 3. The Kier molecular flexibility index (Phi) is 10.5. The largest absolute Gasteiger partial charge is 0.394 e. The Bertz CT molecular complexity index is 1050. The molecule has 13 heteroatoms. The minimum Gasteiger partial charge on any atom is -0.394 e. The van der Waals surface area contributed by atoms with Gasteiger partial charge in [-0.3, -0.25) is 0 Å². The molecule has 0 amide bonds. The fraction of sp³-hybridized carbons (Fsp3) is 0.938. The van der Waals surface area contributed by atoms with Gasteiger partial charge in [0.1, 0.15) is 48.8 Å². The Morgan fingerprint density at radius 3 is 1.91 bits per heavy atom. The summed E-state index contributed by atoms with van der Waals surface area (Å²) in [5.74, 6) is 0.544. The highest BCUT2D eigenvalue weighted by atomic mass is 16.7. The van der Waals surface area contributed by atoms with Crippen molar-refractivity contribution in [3.63, 3.8) is 0 Å². The third kappa shape index (κ3) is 6.16. The van der Waals surface area contributed by atoms with Crippen LogP contribution in [0.3, 0.4) is 0 Å². The van der Waals surface area contributed by atoms with Crippen molar-refractivity contribution in [2.45, 2.75) is 140 Å². The first kappa shape index (κ1) is 35.5. The lowest BCUT2D eigenvalue weighted by Gasteiger charge is -2.62. The first-order chi connectivity index (χ1) is 21.1. The number of rotatable bonds is 8. The van der Waals surface area contributed by atoms with Gasteiger partial charge >= 0.3 is 0 Å². The van der Waals surface area contributed by atoms with Crippen LogP contribution in [-0.4, -0.2) is 139 Å². The smallest absolute Gasteiger partial charge is 0.187 e. The minimum atomic E-state index is -1.57. The topological polar surface area (TPSA) is 219 Å². The molecule has 45 heavy (non-hydrogen) atoms. The lowest BCUT2D eigenvalue weighted by molar-refractivity contribution is -0.327. The molecule has 16 atom stereocenters. The van der Waals surface area contributed by atoms with Crippen molar-refractivity contribution in [3.8, 4) is 0 Å². The van der Waals surface area contributed by atoms with Crippen LogP contribution >= 0.6 is 0 Å². The van der Waals surface area contributed by atoms with Crippen LogP contribution < -0.4 is 0 Å². The molecule has 13 nitrogen and oxygen atoms in total. The summed E-state index contributed by atoms with van der Waals surface area (Å²) in [5, 5.41) is 91.6. The summed E-state index contributed by atoms with van der Waals surface area (Å²) in [6, 6.07) is 0. The van der Waals surface area contributed by atoms with E-state index in [2.05, 4.69) is 26.8 Å². The molecule has 0 bridgehead atoms. The molecule has 2 saturated heterocycles. The number of hydrogen-bond acceptors (Lipinski definition) is 13. The first-order valence-corrected chi connectivity index (χ1v) is 16.4. The fourth-order valence-electron chi connectivity index (χ4n) is 9.32. The van der Waals surface area contributed by atoms with Gasteiger partial charge in [-0.1, -0.05) is 39.3 Å². The van der Waals surface area contributed by atoms with E-state index < -0.39 is 86.1 Å². The second kappa shape index (κ2) is 13.3. The summed E-state index contributed by atoms with van der Waals surface area (Å²) in [7, 11) is 0. The zero-order valence-corrected chi connectivity index (χ0v) is 26.7. The molecule has 2 aliphatic heterocycles. The maximum atomic E-state index is 10.6. The van der Waals surface area contributed by atoms with Crippen molar-refractivity contribution in [1.29, 1.82) is 0 Å². The average molecular weight is 647 g/mol. The highest BCUT2D eigenvalue weighted by molar-refractivity contribution is 5.25. The van der Waals surface area contributed by atoms with Gasteiger partial charge in [-0.05, 0) is 61.2 Å². The molecular weight excluding hydrogens is 592 g/mol. The second-order valence-corrected chi connectivity index (χ2v) is 15.1. The lowest BCUT2D eigenvalue weighted by Crippen LogP contribution is -2.62. The maximum absolute atomic E-state index is 10.6. The van der Waals surface area contributed by atoms with Gasteiger partial charge in [-0.15, -0.1) is 0 Å². The molecule has 2 saturated carbocycles. The van der Waals surface area contributed by atoms with Crippen LogP contribution in [0.5, 0.6) is 0 Å². The summed E-state index contributed by atoms with van der Waals surface area (Å²) in [6.45, 7) is 7.23. The standard InChI is InChI=1S/C32H54O13/c1-30(2)19-6-5-15-11-31(3,21(14-35)45-29-27(41)25(39)23(37)18(13-34)43-29)9-7-16(15)32(19,4)10-8-20(30)44-28-26(40)24(38)22(36)17(12-33)42-28/h11,16-29,33-41H,5-10,12-14H2,1-4H3/t16?,17-,18-,19?,20?,21?,22-,23-,24+,25+,26-,27-,28+,29+,31?,32?/m1/s1. The van der Waals surface area contributed by atoms with Crippen molar-refractivity contribution >= 4 is 0 Å². The van der Waals surface area contributed by atoms with Crippen molar-refractivity contribution in [3.05, 3.63) is 11.6 Å². The lowest BCUT2D eigenvalue weighted by atomic mass is 9.45. The van der Waals surface area contributed by atoms with Crippen LogP contribution in [0.25, 0.3) is 0 Å². The van der Waals surface area contributed by atoms with Gasteiger partial charge in [0.15, 0.2) is 12.6 Å². The van der Waals surface area contributed by atoms with Crippen molar-refractivity contribution in [2.24, 2.45) is 28.1 Å². The predicted octanol–water partition coefficient (Wildman–Crippen LogP) is -1.07. The van der Waals surface area contributed by atoms with Crippen LogP contribution in [0.2, 0.25) is 0 Å². The maximum Gasteiger partial charge on any atom is 0.187 e. The van der Waals surface area contributed by atoms with E-state index in [-0.39, 0.29) is 35.4 Å². The second-order valence-electron chi connectivity index (χ2n) is 15.1. The van der Waals surface area contributed by atoms with Gasteiger partial charge in [0.25, 0.3) is 0 Å².